The van der Waals surface area contributed by atoms with Gasteiger partial charge in [-0.15, -0.1) is 0 Å². The van der Waals surface area contributed by atoms with E-state index in [9.17, 15) is 0 Å². The van der Waals surface area contributed by atoms with Gasteiger partial charge in [0, 0.05) is 37.3 Å². The number of benzene rings is 1. The number of nitrogens with zero attached hydrogens (tertiary/aromatic N) is 2. The summed E-state index contributed by atoms with van der Waals surface area (Å²) in [6, 6.07) is 3.83. The van der Waals surface area contributed by atoms with E-state index in [-0.39, 0.29) is 0 Å². The summed E-state index contributed by atoms with van der Waals surface area (Å²) >= 11 is 6.32. The Morgan fingerprint density at radius 3 is 2.29 bits per heavy atom. The van der Waals surface area contributed by atoms with Crippen LogP contribution in [0.3, 0.4) is 0 Å². The minimum Gasteiger partial charge on any atom is -0.493 e. The number of aryl methyl sites for hydroxylation is 1. The number of rotatable bonds is 6. The molecule has 21 heavy (non-hydrogen) atoms. The molecule has 0 aliphatic carbocycles. The van der Waals surface area contributed by atoms with Crippen molar-refractivity contribution in [1.29, 1.82) is 0 Å². The minimum atomic E-state index is 0.685. The summed E-state index contributed by atoms with van der Waals surface area (Å²) < 4.78 is 10.6. The highest BCUT2D eigenvalue weighted by atomic mass is 35.5. The molecule has 2 rings (SSSR count). The van der Waals surface area contributed by atoms with Crippen molar-refractivity contribution < 1.29 is 9.47 Å². The predicted molar refractivity (Wildman–Crippen MR) is 86.8 cm³/mol. The molecule has 0 radical (unpaired) electrons. The molecule has 1 aliphatic rings. The second-order valence-electron chi connectivity index (χ2n) is 5.55. The van der Waals surface area contributed by atoms with Gasteiger partial charge in [-0.25, -0.2) is 0 Å². The van der Waals surface area contributed by atoms with E-state index in [1.165, 1.54) is 0 Å². The highest BCUT2D eigenvalue weighted by Gasteiger charge is 2.14. The Hall–Kier alpha value is -0.970. The molecule has 0 spiro atoms. The first-order chi connectivity index (χ1) is 10.1. The normalized spacial score (nSPS) is 17.0. The van der Waals surface area contributed by atoms with Crippen molar-refractivity contribution in [3.05, 3.63) is 22.7 Å². The predicted octanol–water partition coefficient (Wildman–Crippen LogP) is 2.54. The molecule has 0 unspecified atom stereocenters. The fourth-order valence-electron chi connectivity index (χ4n) is 2.65. The monoisotopic (exact) mass is 312 g/mol. The molecule has 1 heterocycles. The smallest absolute Gasteiger partial charge is 0.162 e. The van der Waals surface area contributed by atoms with Gasteiger partial charge < -0.3 is 19.3 Å². The van der Waals surface area contributed by atoms with Crippen LogP contribution in [0.15, 0.2) is 12.1 Å². The molecular formula is C16H25ClN2O2. The molecule has 1 aromatic carbocycles. The van der Waals surface area contributed by atoms with Crippen LogP contribution in [-0.2, 0) is 6.42 Å². The summed E-state index contributed by atoms with van der Waals surface area (Å²) in [5, 5.41) is 0.756. The standard InChI is InChI=1S/C16H25ClN2O2/c1-18-7-9-19(10-8-18)6-4-5-13-11-15(20-2)16(21-3)12-14(13)17/h11-12H,4-10H2,1-3H3. The summed E-state index contributed by atoms with van der Waals surface area (Å²) in [7, 11) is 5.46. The summed E-state index contributed by atoms with van der Waals surface area (Å²) in [5.41, 5.74) is 1.13. The number of methoxy groups -OCH3 is 2. The van der Waals surface area contributed by atoms with Crippen LogP contribution in [0.4, 0.5) is 0 Å². The molecular weight excluding hydrogens is 288 g/mol. The molecule has 5 heteroatoms. The van der Waals surface area contributed by atoms with Gasteiger partial charge in [0.15, 0.2) is 11.5 Å². The van der Waals surface area contributed by atoms with Crippen LogP contribution >= 0.6 is 11.6 Å². The highest BCUT2D eigenvalue weighted by Crippen LogP contribution is 2.33. The van der Waals surface area contributed by atoms with E-state index >= 15 is 0 Å². The van der Waals surface area contributed by atoms with E-state index in [0.29, 0.717) is 5.75 Å². The van der Waals surface area contributed by atoms with Crippen LogP contribution in [0.1, 0.15) is 12.0 Å². The van der Waals surface area contributed by atoms with Crippen molar-refractivity contribution >= 4 is 11.6 Å². The maximum Gasteiger partial charge on any atom is 0.162 e. The highest BCUT2D eigenvalue weighted by molar-refractivity contribution is 6.31. The summed E-state index contributed by atoms with van der Waals surface area (Å²) in [6.07, 6.45) is 2.07. The largest absolute Gasteiger partial charge is 0.493 e. The molecule has 0 saturated carbocycles. The first-order valence-corrected chi connectivity index (χ1v) is 7.83. The van der Waals surface area contributed by atoms with Crippen molar-refractivity contribution in [1.82, 2.24) is 9.80 Å². The van der Waals surface area contributed by atoms with Gasteiger partial charge in [-0.05, 0) is 38.1 Å². The lowest BCUT2D eigenvalue weighted by molar-refractivity contribution is 0.153. The van der Waals surface area contributed by atoms with Crippen molar-refractivity contribution in [3.63, 3.8) is 0 Å². The van der Waals surface area contributed by atoms with Crippen molar-refractivity contribution in [2.24, 2.45) is 0 Å². The third-order valence-corrected chi connectivity index (χ3v) is 4.42. The molecule has 0 atom stereocenters. The van der Waals surface area contributed by atoms with Crippen molar-refractivity contribution in [2.75, 3.05) is 54.0 Å². The van der Waals surface area contributed by atoms with E-state index < -0.39 is 0 Å². The zero-order valence-corrected chi connectivity index (χ0v) is 13.9. The van der Waals surface area contributed by atoms with Gasteiger partial charge >= 0.3 is 0 Å². The number of likely N-dealkylation sites (N-methyl/N-ethyl adjacent to an activating group) is 1. The maximum atomic E-state index is 6.32. The number of halogens is 1. The Morgan fingerprint density at radius 2 is 1.67 bits per heavy atom. The number of hydrogen-bond donors (Lipinski definition) is 0. The Labute approximate surface area is 132 Å². The first kappa shape index (κ1) is 16.4. The van der Waals surface area contributed by atoms with Gasteiger partial charge in [0.05, 0.1) is 14.2 Å². The van der Waals surface area contributed by atoms with Crippen LogP contribution in [0.25, 0.3) is 0 Å². The molecule has 0 aromatic heterocycles. The molecule has 4 nitrogen and oxygen atoms in total. The minimum absolute atomic E-state index is 0.685. The lowest BCUT2D eigenvalue weighted by Gasteiger charge is -2.32. The van der Waals surface area contributed by atoms with Gasteiger partial charge in [0.1, 0.15) is 0 Å². The fourth-order valence-corrected chi connectivity index (χ4v) is 2.90. The Kier molecular flexibility index (Phi) is 6.15. The second-order valence-corrected chi connectivity index (χ2v) is 5.95. The lowest BCUT2D eigenvalue weighted by atomic mass is 10.1. The third-order valence-electron chi connectivity index (χ3n) is 4.07. The Balaban J connectivity index is 1.88. The summed E-state index contributed by atoms with van der Waals surface area (Å²) in [5.74, 6) is 1.43. The molecule has 0 N–H and O–H groups in total. The topological polar surface area (TPSA) is 24.9 Å². The zero-order valence-electron chi connectivity index (χ0n) is 13.2. The Bertz CT molecular complexity index is 460. The average molecular weight is 313 g/mol. The number of hydrogen-bond acceptors (Lipinski definition) is 4. The van der Waals surface area contributed by atoms with Crippen LogP contribution in [0.5, 0.6) is 11.5 Å². The van der Waals surface area contributed by atoms with E-state index in [1.54, 1.807) is 14.2 Å². The first-order valence-electron chi connectivity index (χ1n) is 7.45. The van der Waals surface area contributed by atoms with Gasteiger partial charge in [-0.2, -0.15) is 0 Å². The second kappa shape index (κ2) is 7.87. The van der Waals surface area contributed by atoms with Crippen LogP contribution in [0, 0.1) is 0 Å². The molecule has 0 amide bonds. The van der Waals surface area contributed by atoms with Crippen LogP contribution in [-0.4, -0.2) is 63.8 Å². The third kappa shape index (κ3) is 4.50. The van der Waals surface area contributed by atoms with Gasteiger partial charge in [-0.3, -0.25) is 0 Å². The summed E-state index contributed by atoms with van der Waals surface area (Å²) in [4.78, 5) is 4.90. The van der Waals surface area contributed by atoms with Crippen molar-refractivity contribution in [2.45, 2.75) is 12.8 Å². The van der Waals surface area contributed by atoms with Gasteiger partial charge in [-0.1, -0.05) is 11.6 Å². The Morgan fingerprint density at radius 1 is 1.05 bits per heavy atom. The van der Waals surface area contributed by atoms with Crippen molar-refractivity contribution in [3.8, 4) is 11.5 Å². The SMILES string of the molecule is COc1cc(Cl)c(CCCN2CCN(C)CC2)cc1OC. The molecule has 118 valence electrons. The average Bonchev–Trinajstić information content (AvgIpc) is 2.50. The molecule has 1 aromatic rings. The number of piperazine rings is 1. The molecule has 0 bridgehead atoms. The van der Waals surface area contributed by atoms with Crippen LogP contribution < -0.4 is 9.47 Å². The molecule has 1 fully saturated rings. The zero-order chi connectivity index (χ0) is 15.2. The van der Waals surface area contributed by atoms with E-state index in [2.05, 4.69) is 16.8 Å². The van der Waals surface area contributed by atoms with E-state index in [4.69, 9.17) is 21.1 Å². The number of ether oxygens (including phenoxy) is 2. The summed E-state index contributed by atoms with van der Waals surface area (Å²) in [6.45, 7) is 5.78. The maximum absolute atomic E-state index is 6.32. The van der Waals surface area contributed by atoms with E-state index in [0.717, 1.165) is 61.9 Å². The van der Waals surface area contributed by atoms with Gasteiger partial charge in [0.25, 0.3) is 0 Å². The molecule has 1 saturated heterocycles. The lowest BCUT2D eigenvalue weighted by Crippen LogP contribution is -2.44. The molecule has 1 aliphatic heterocycles. The van der Waals surface area contributed by atoms with Gasteiger partial charge in [0.2, 0.25) is 0 Å². The van der Waals surface area contributed by atoms with Crippen LogP contribution in [0.2, 0.25) is 5.02 Å². The van der Waals surface area contributed by atoms with E-state index in [1.807, 2.05) is 12.1 Å². The quantitative estimate of drug-likeness (QED) is 0.806. The fraction of sp³-hybridized carbons (Fsp3) is 0.625.